The molecule has 0 bridgehead atoms. The van der Waals surface area contributed by atoms with Crippen LogP contribution in [0.25, 0.3) is 0 Å². The lowest BCUT2D eigenvalue weighted by atomic mass is 9.80. The summed E-state index contributed by atoms with van der Waals surface area (Å²) in [6, 6.07) is 10.0. The van der Waals surface area contributed by atoms with E-state index in [0.29, 0.717) is 13.2 Å². The van der Waals surface area contributed by atoms with Gasteiger partial charge >= 0.3 is 7.12 Å². The first-order valence-electron chi connectivity index (χ1n) is 7.51. The van der Waals surface area contributed by atoms with Crippen LogP contribution < -0.4 is 5.32 Å². The van der Waals surface area contributed by atoms with Gasteiger partial charge in [0.15, 0.2) is 0 Å². The lowest BCUT2D eigenvalue weighted by Crippen LogP contribution is -2.43. The Hall–Kier alpha value is -0.875. The molecule has 2 rings (SSSR count). The Morgan fingerprint density at radius 1 is 1.10 bits per heavy atom. The zero-order valence-corrected chi connectivity index (χ0v) is 13.7. The Balaban J connectivity index is 2.00. The molecule has 0 spiro atoms. The van der Waals surface area contributed by atoms with Crippen molar-refractivity contribution in [3.63, 3.8) is 0 Å². The average Bonchev–Trinajstić information content (AvgIpc) is 2.64. The number of ether oxygens (including phenoxy) is 1. The number of hydrogen-bond acceptors (Lipinski definition) is 4. The molecule has 21 heavy (non-hydrogen) atoms. The van der Waals surface area contributed by atoms with Crippen LogP contribution >= 0.6 is 0 Å². The zero-order valence-electron chi connectivity index (χ0n) is 13.7. The molecule has 0 saturated carbocycles. The standard InChI is InChI=1S/C16H26BNO3/c1-15(2)16(3,4)21-17(20-15)14(11-18-5)19-12-13-9-7-6-8-10-13/h6-10,14,18H,11-12H2,1-5H3. The highest BCUT2D eigenvalue weighted by molar-refractivity contribution is 6.47. The Morgan fingerprint density at radius 2 is 1.67 bits per heavy atom. The lowest BCUT2D eigenvalue weighted by Gasteiger charge is -2.32. The minimum atomic E-state index is -0.355. The van der Waals surface area contributed by atoms with Crippen LogP contribution in [0.15, 0.2) is 30.3 Å². The molecule has 1 unspecified atom stereocenters. The summed E-state index contributed by atoms with van der Waals surface area (Å²) in [7, 11) is 1.55. The maximum Gasteiger partial charge on any atom is 0.490 e. The molecule has 4 nitrogen and oxygen atoms in total. The van der Waals surface area contributed by atoms with E-state index in [4.69, 9.17) is 14.0 Å². The highest BCUT2D eigenvalue weighted by Gasteiger charge is 2.54. The van der Waals surface area contributed by atoms with E-state index in [2.05, 4.69) is 45.1 Å². The van der Waals surface area contributed by atoms with E-state index < -0.39 is 0 Å². The molecule has 0 radical (unpaired) electrons. The van der Waals surface area contributed by atoms with Gasteiger partial charge in [-0.05, 0) is 40.3 Å². The van der Waals surface area contributed by atoms with Gasteiger partial charge in [0, 0.05) is 6.54 Å². The maximum atomic E-state index is 6.08. The fraction of sp³-hybridized carbons (Fsp3) is 0.625. The molecule has 5 heteroatoms. The van der Waals surface area contributed by atoms with Crippen LogP contribution in [0.3, 0.4) is 0 Å². The van der Waals surface area contributed by atoms with Crippen molar-refractivity contribution in [2.75, 3.05) is 13.6 Å². The molecule has 1 N–H and O–H groups in total. The minimum absolute atomic E-state index is 0.142. The van der Waals surface area contributed by atoms with Gasteiger partial charge in [-0.25, -0.2) is 0 Å². The van der Waals surface area contributed by atoms with Crippen molar-refractivity contribution < 1.29 is 14.0 Å². The van der Waals surface area contributed by atoms with Gasteiger partial charge in [-0.15, -0.1) is 0 Å². The molecule has 1 atom stereocenters. The summed E-state index contributed by atoms with van der Waals surface area (Å²) in [4.78, 5) is 0. The van der Waals surface area contributed by atoms with E-state index in [0.717, 1.165) is 5.56 Å². The minimum Gasteiger partial charge on any atom is -0.402 e. The van der Waals surface area contributed by atoms with Gasteiger partial charge in [0.2, 0.25) is 0 Å². The fourth-order valence-corrected chi connectivity index (χ4v) is 2.25. The largest absolute Gasteiger partial charge is 0.490 e. The monoisotopic (exact) mass is 291 g/mol. The molecule has 1 aromatic rings. The van der Waals surface area contributed by atoms with Gasteiger partial charge in [-0.1, -0.05) is 30.3 Å². The summed E-state index contributed by atoms with van der Waals surface area (Å²) in [5, 5.41) is 3.15. The number of hydrogen-bond donors (Lipinski definition) is 1. The van der Waals surface area contributed by atoms with Crippen LogP contribution in [0.4, 0.5) is 0 Å². The van der Waals surface area contributed by atoms with Gasteiger partial charge < -0.3 is 19.4 Å². The summed E-state index contributed by atoms with van der Waals surface area (Å²) >= 11 is 0. The first kappa shape index (κ1) is 16.5. The van der Waals surface area contributed by atoms with Gasteiger partial charge in [0.1, 0.15) is 6.00 Å². The van der Waals surface area contributed by atoms with Crippen LogP contribution in [-0.4, -0.2) is 37.9 Å². The average molecular weight is 291 g/mol. The van der Waals surface area contributed by atoms with Gasteiger partial charge in [-0.2, -0.15) is 0 Å². The zero-order chi connectivity index (χ0) is 15.5. The molecular formula is C16H26BNO3. The third kappa shape index (κ3) is 3.86. The summed E-state index contributed by atoms with van der Waals surface area (Å²) in [6.45, 7) is 9.46. The molecule has 1 fully saturated rings. The van der Waals surface area contributed by atoms with E-state index in [1.807, 2.05) is 25.2 Å². The van der Waals surface area contributed by atoms with Crippen LogP contribution in [0.5, 0.6) is 0 Å². The van der Waals surface area contributed by atoms with Crippen LogP contribution in [-0.2, 0) is 20.7 Å². The number of rotatable bonds is 6. The molecule has 116 valence electrons. The van der Waals surface area contributed by atoms with E-state index in [1.54, 1.807) is 0 Å². The fourth-order valence-electron chi connectivity index (χ4n) is 2.25. The first-order chi connectivity index (χ1) is 9.86. The Labute approximate surface area is 128 Å². The molecule has 1 aliphatic heterocycles. The van der Waals surface area contributed by atoms with Crippen molar-refractivity contribution in [3.05, 3.63) is 35.9 Å². The second kappa shape index (κ2) is 6.49. The molecular weight excluding hydrogens is 265 g/mol. The quantitative estimate of drug-likeness (QED) is 0.817. The first-order valence-corrected chi connectivity index (χ1v) is 7.51. The summed E-state index contributed by atoms with van der Waals surface area (Å²) in [5.41, 5.74) is 0.481. The maximum absolute atomic E-state index is 6.08. The van der Waals surface area contributed by atoms with E-state index in [1.165, 1.54) is 0 Å². The van der Waals surface area contributed by atoms with E-state index >= 15 is 0 Å². The summed E-state index contributed by atoms with van der Waals surface area (Å²) in [5.74, 6) is 0. The second-order valence-electron chi connectivity index (χ2n) is 6.52. The number of benzene rings is 1. The molecule has 1 heterocycles. The topological polar surface area (TPSA) is 39.7 Å². The van der Waals surface area contributed by atoms with E-state index in [9.17, 15) is 0 Å². The lowest BCUT2D eigenvalue weighted by molar-refractivity contribution is 0.00578. The van der Waals surface area contributed by atoms with Crippen molar-refractivity contribution in [3.8, 4) is 0 Å². The van der Waals surface area contributed by atoms with E-state index in [-0.39, 0.29) is 24.3 Å². The molecule has 0 aliphatic carbocycles. The van der Waals surface area contributed by atoms with Crippen molar-refractivity contribution in [1.82, 2.24) is 5.32 Å². The highest BCUT2D eigenvalue weighted by Crippen LogP contribution is 2.37. The smallest absolute Gasteiger partial charge is 0.402 e. The Bertz CT molecular complexity index is 434. The van der Waals surface area contributed by atoms with Crippen molar-refractivity contribution >= 4 is 7.12 Å². The number of nitrogens with one attached hydrogen (secondary N) is 1. The molecule has 0 aromatic heterocycles. The predicted molar refractivity (Wildman–Crippen MR) is 85.0 cm³/mol. The Kier molecular flexibility index (Phi) is 5.09. The Morgan fingerprint density at radius 3 is 2.19 bits per heavy atom. The van der Waals surface area contributed by atoms with Crippen molar-refractivity contribution in [1.29, 1.82) is 0 Å². The third-order valence-corrected chi connectivity index (χ3v) is 4.29. The highest BCUT2D eigenvalue weighted by atomic mass is 16.7. The van der Waals surface area contributed by atoms with Gasteiger partial charge in [0.25, 0.3) is 0 Å². The summed E-state index contributed by atoms with van der Waals surface area (Å²) < 4.78 is 18.2. The normalized spacial score (nSPS) is 21.5. The predicted octanol–water partition coefficient (Wildman–Crippen LogP) is 2.42. The SMILES string of the molecule is CNCC(OCc1ccccc1)B1OC(C)(C)C(C)(C)O1. The van der Waals surface area contributed by atoms with Gasteiger partial charge in [0.05, 0.1) is 17.8 Å². The van der Waals surface area contributed by atoms with Crippen molar-refractivity contribution in [2.45, 2.75) is 51.5 Å². The summed E-state index contributed by atoms with van der Waals surface area (Å²) in [6.07, 6.45) is 0. The number of likely N-dealkylation sites (N-methyl/N-ethyl adjacent to an activating group) is 1. The molecule has 1 saturated heterocycles. The van der Waals surface area contributed by atoms with Crippen LogP contribution in [0.2, 0.25) is 0 Å². The van der Waals surface area contributed by atoms with Gasteiger partial charge in [-0.3, -0.25) is 0 Å². The van der Waals surface area contributed by atoms with Crippen molar-refractivity contribution in [2.24, 2.45) is 0 Å². The molecule has 0 amide bonds. The third-order valence-electron chi connectivity index (χ3n) is 4.29. The molecule has 1 aliphatic rings. The molecule has 1 aromatic carbocycles. The van der Waals surface area contributed by atoms with Crippen LogP contribution in [0, 0.1) is 0 Å². The second-order valence-corrected chi connectivity index (χ2v) is 6.52. The van der Waals surface area contributed by atoms with Crippen LogP contribution in [0.1, 0.15) is 33.3 Å².